The van der Waals surface area contributed by atoms with E-state index in [9.17, 15) is 4.79 Å². The molecule has 0 saturated carbocycles. The van der Waals surface area contributed by atoms with Crippen LogP contribution in [-0.4, -0.2) is 57.6 Å². The van der Waals surface area contributed by atoms with Gasteiger partial charge in [-0.3, -0.25) is 14.8 Å². The van der Waals surface area contributed by atoms with Crippen molar-refractivity contribution in [1.82, 2.24) is 20.0 Å². The van der Waals surface area contributed by atoms with Gasteiger partial charge in [-0.1, -0.05) is 43.7 Å². The van der Waals surface area contributed by atoms with Gasteiger partial charge in [-0.15, -0.1) is 0 Å². The minimum Gasteiger partial charge on any atom is -0.337 e. The summed E-state index contributed by atoms with van der Waals surface area (Å²) in [6, 6.07) is 14.2. The summed E-state index contributed by atoms with van der Waals surface area (Å²) in [5, 5.41) is 7.26. The molecule has 1 aromatic carbocycles. The van der Waals surface area contributed by atoms with Crippen molar-refractivity contribution in [2.75, 3.05) is 19.6 Å². The highest BCUT2D eigenvalue weighted by molar-refractivity contribution is 5.92. The fraction of sp³-hybridized carbons (Fsp3) is 0.583. The second-order valence-corrected chi connectivity index (χ2v) is 9.24. The maximum atomic E-state index is 13.1. The highest BCUT2D eigenvalue weighted by Gasteiger charge is 2.45. The number of nitrogens with zero attached hydrogens (tertiary/aromatic N) is 3. The second-order valence-electron chi connectivity index (χ2n) is 9.24. The molecular weight excluding hydrogens is 360 g/mol. The Bertz CT molecular complexity index is 848. The Morgan fingerprint density at radius 3 is 2.83 bits per heavy atom. The van der Waals surface area contributed by atoms with Gasteiger partial charge in [0, 0.05) is 37.4 Å². The number of H-pyrrole nitrogens is 1. The van der Waals surface area contributed by atoms with Crippen LogP contribution in [0.2, 0.25) is 0 Å². The monoisotopic (exact) mass is 392 g/mol. The van der Waals surface area contributed by atoms with E-state index in [1.54, 1.807) is 0 Å². The summed E-state index contributed by atoms with van der Waals surface area (Å²) in [4.78, 5) is 18.0. The van der Waals surface area contributed by atoms with Crippen molar-refractivity contribution in [3.8, 4) is 0 Å². The van der Waals surface area contributed by atoms with E-state index in [0.29, 0.717) is 29.6 Å². The molecule has 1 aromatic heterocycles. The number of amides is 1. The minimum atomic E-state index is 0.112. The fourth-order valence-electron chi connectivity index (χ4n) is 6.00. The van der Waals surface area contributed by atoms with E-state index in [-0.39, 0.29) is 5.91 Å². The van der Waals surface area contributed by atoms with Gasteiger partial charge in [0.05, 0.1) is 0 Å². The Balaban J connectivity index is 1.29. The summed E-state index contributed by atoms with van der Waals surface area (Å²) >= 11 is 0. The van der Waals surface area contributed by atoms with Crippen molar-refractivity contribution in [3.05, 3.63) is 53.3 Å². The van der Waals surface area contributed by atoms with Crippen LogP contribution in [0.5, 0.6) is 0 Å². The normalized spacial score (nSPS) is 29.5. The molecule has 3 saturated heterocycles. The lowest BCUT2D eigenvalue weighted by Crippen LogP contribution is -2.62. The molecule has 1 N–H and O–H groups in total. The van der Waals surface area contributed by atoms with Crippen molar-refractivity contribution in [3.63, 3.8) is 0 Å². The summed E-state index contributed by atoms with van der Waals surface area (Å²) in [5.41, 5.74) is 3.08. The third-order valence-corrected chi connectivity index (χ3v) is 7.35. The summed E-state index contributed by atoms with van der Waals surface area (Å²) in [7, 11) is 0. The van der Waals surface area contributed by atoms with Crippen molar-refractivity contribution < 1.29 is 4.79 Å². The van der Waals surface area contributed by atoms with E-state index in [1.165, 1.54) is 31.2 Å². The van der Waals surface area contributed by atoms with Crippen molar-refractivity contribution in [2.24, 2.45) is 11.8 Å². The second kappa shape index (κ2) is 7.94. The first kappa shape index (κ1) is 18.9. The van der Waals surface area contributed by atoms with Gasteiger partial charge in [-0.05, 0) is 55.6 Å². The number of nitrogens with one attached hydrogen (secondary N) is 1. The summed E-state index contributed by atoms with van der Waals surface area (Å²) in [6.07, 6.45) is 7.22. The zero-order chi connectivity index (χ0) is 19.8. The number of hydrogen-bond acceptors (Lipinski definition) is 3. The SMILES string of the molecule is CCc1cc(C(=O)N2C[C@@H]3C[C@H](C2)[C@@H]2CCC[C@H](Cc4ccccc4)N2C3)n[nH]1. The first-order chi connectivity index (χ1) is 14.2. The predicted octanol–water partition coefficient (Wildman–Crippen LogP) is 3.53. The minimum absolute atomic E-state index is 0.112. The van der Waals surface area contributed by atoms with E-state index in [4.69, 9.17) is 0 Å². The largest absolute Gasteiger partial charge is 0.337 e. The molecule has 2 aromatic rings. The average Bonchev–Trinajstić information content (AvgIpc) is 3.24. The standard InChI is InChI=1S/C24H32N4O/c1-2-20-13-22(26-25-20)24(29)27-14-18-11-19(16-27)23-10-6-9-21(28(23)15-18)12-17-7-4-3-5-8-17/h3-5,7-8,13,18-19,21,23H,2,6,9-12,14-16H2,1H3,(H,25,26)/t18-,19+,21+,23-/m0/s1. The smallest absolute Gasteiger partial charge is 0.274 e. The first-order valence-corrected chi connectivity index (χ1v) is 11.3. The van der Waals surface area contributed by atoms with Crippen molar-refractivity contribution in [1.29, 1.82) is 0 Å². The highest BCUT2D eigenvalue weighted by Crippen LogP contribution is 2.40. The summed E-state index contributed by atoms with van der Waals surface area (Å²) < 4.78 is 0. The molecule has 3 aliphatic rings. The topological polar surface area (TPSA) is 52.2 Å². The molecule has 3 fully saturated rings. The molecule has 5 nitrogen and oxygen atoms in total. The quantitative estimate of drug-likeness (QED) is 0.866. The van der Waals surface area contributed by atoms with E-state index >= 15 is 0 Å². The maximum absolute atomic E-state index is 13.1. The molecular formula is C24H32N4O. The van der Waals surface area contributed by atoms with Gasteiger partial charge < -0.3 is 4.90 Å². The molecule has 4 atom stereocenters. The molecule has 3 aliphatic heterocycles. The van der Waals surface area contributed by atoms with Gasteiger partial charge in [-0.25, -0.2) is 0 Å². The van der Waals surface area contributed by atoms with E-state index in [2.05, 4.69) is 57.3 Å². The van der Waals surface area contributed by atoms with E-state index in [1.807, 2.05) is 6.07 Å². The summed E-state index contributed by atoms with van der Waals surface area (Å²) in [5.74, 6) is 1.31. The molecule has 2 bridgehead atoms. The van der Waals surface area contributed by atoms with Crippen LogP contribution in [0.4, 0.5) is 0 Å². The van der Waals surface area contributed by atoms with Crippen molar-refractivity contribution >= 4 is 5.91 Å². The number of carbonyl (C=O) groups excluding carboxylic acids is 1. The molecule has 29 heavy (non-hydrogen) atoms. The van der Waals surface area contributed by atoms with Crippen LogP contribution in [0, 0.1) is 11.8 Å². The summed E-state index contributed by atoms with van der Waals surface area (Å²) in [6.45, 7) is 4.99. The number of likely N-dealkylation sites (tertiary alicyclic amines) is 1. The van der Waals surface area contributed by atoms with Gasteiger partial charge in [0.15, 0.2) is 0 Å². The molecule has 0 spiro atoms. The molecule has 5 rings (SSSR count). The maximum Gasteiger partial charge on any atom is 0.274 e. The number of carbonyl (C=O) groups is 1. The average molecular weight is 393 g/mol. The molecule has 154 valence electrons. The van der Waals surface area contributed by atoms with E-state index < -0.39 is 0 Å². The molecule has 4 heterocycles. The van der Waals surface area contributed by atoms with Gasteiger partial charge >= 0.3 is 0 Å². The van der Waals surface area contributed by atoms with Gasteiger partial charge in [-0.2, -0.15) is 5.10 Å². The predicted molar refractivity (Wildman–Crippen MR) is 114 cm³/mol. The van der Waals surface area contributed by atoms with Crippen LogP contribution in [0.3, 0.4) is 0 Å². The third kappa shape index (κ3) is 3.73. The number of aromatic amines is 1. The first-order valence-electron chi connectivity index (χ1n) is 11.3. The van der Waals surface area contributed by atoms with Crippen LogP contribution in [0.1, 0.15) is 54.4 Å². The van der Waals surface area contributed by atoms with Crippen molar-refractivity contribution in [2.45, 2.75) is 57.5 Å². The Hall–Kier alpha value is -2.14. The van der Waals surface area contributed by atoms with Gasteiger partial charge in [0.1, 0.15) is 5.69 Å². The number of hydrogen-bond donors (Lipinski definition) is 1. The van der Waals surface area contributed by atoms with Crippen LogP contribution in [-0.2, 0) is 12.8 Å². The molecule has 0 unspecified atom stereocenters. The van der Waals surface area contributed by atoms with Crippen LogP contribution >= 0.6 is 0 Å². The molecule has 0 aliphatic carbocycles. The number of rotatable bonds is 4. The van der Waals surface area contributed by atoms with Gasteiger partial charge in [0.2, 0.25) is 0 Å². The Labute approximate surface area is 173 Å². The fourth-order valence-corrected chi connectivity index (χ4v) is 6.00. The molecule has 1 amide bonds. The lowest BCUT2D eigenvalue weighted by molar-refractivity contribution is -0.0499. The number of aromatic nitrogens is 2. The third-order valence-electron chi connectivity index (χ3n) is 7.35. The van der Waals surface area contributed by atoms with Crippen LogP contribution in [0.25, 0.3) is 0 Å². The van der Waals surface area contributed by atoms with E-state index in [0.717, 1.165) is 38.2 Å². The highest BCUT2D eigenvalue weighted by atomic mass is 16.2. The number of benzene rings is 1. The van der Waals surface area contributed by atoms with Crippen LogP contribution in [0.15, 0.2) is 36.4 Å². The zero-order valence-corrected chi connectivity index (χ0v) is 17.4. The lowest BCUT2D eigenvalue weighted by atomic mass is 9.74. The number of fused-ring (bicyclic) bond motifs is 4. The van der Waals surface area contributed by atoms with Crippen LogP contribution < -0.4 is 0 Å². The number of piperidine rings is 3. The Kier molecular flexibility index (Phi) is 5.17. The Morgan fingerprint density at radius 1 is 1.17 bits per heavy atom. The zero-order valence-electron chi connectivity index (χ0n) is 17.4. The molecule has 5 heteroatoms. The molecule has 0 radical (unpaired) electrons. The van der Waals surface area contributed by atoms with Gasteiger partial charge in [0.25, 0.3) is 5.91 Å². The lowest BCUT2D eigenvalue weighted by Gasteiger charge is -2.55. The Morgan fingerprint density at radius 2 is 2.03 bits per heavy atom. The number of aryl methyl sites for hydroxylation is 1.